The third-order valence-electron chi connectivity index (χ3n) is 1.95. The third-order valence-corrected chi connectivity index (χ3v) is 3.79. The van der Waals surface area contributed by atoms with E-state index in [1.807, 2.05) is 13.0 Å². The molecular weight excluding hydrogens is 316 g/mol. The van der Waals surface area contributed by atoms with E-state index in [9.17, 15) is 8.42 Å². The lowest BCUT2D eigenvalue weighted by atomic mass is 10.2. The Morgan fingerprint density at radius 2 is 2.12 bits per heavy atom. The van der Waals surface area contributed by atoms with Crippen LogP contribution in [0.25, 0.3) is 0 Å². The number of aryl methyl sites for hydroxylation is 1. The minimum absolute atomic E-state index is 0.120. The van der Waals surface area contributed by atoms with E-state index in [0.29, 0.717) is 5.02 Å². The molecule has 0 bridgehead atoms. The molecule has 0 saturated heterocycles. The van der Waals surface area contributed by atoms with Crippen molar-refractivity contribution >= 4 is 43.2 Å². The van der Waals surface area contributed by atoms with Gasteiger partial charge in [0.25, 0.3) is 0 Å². The monoisotopic (exact) mass is 326 g/mol. The van der Waals surface area contributed by atoms with Crippen LogP contribution in [-0.2, 0) is 10.0 Å². The predicted molar refractivity (Wildman–Crippen MR) is 70.4 cm³/mol. The second kappa shape index (κ2) is 5.35. The minimum Gasteiger partial charge on any atom is -0.383 e. The van der Waals surface area contributed by atoms with Crippen LogP contribution in [0.3, 0.4) is 0 Å². The molecule has 0 aliphatic rings. The number of anilines is 1. The molecule has 0 fully saturated rings. The summed E-state index contributed by atoms with van der Waals surface area (Å²) in [5.74, 6) is -0.120. The normalized spacial score (nSPS) is 11.5. The summed E-state index contributed by atoms with van der Waals surface area (Å²) in [5, 5.41) is 8.46. The maximum absolute atomic E-state index is 10.7. The highest BCUT2D eigenvalue weighted by Gasteiger charge is 2.06. The molecule has 0 aliphatic heterocycles. The van der Waals surface area contributed by atoms with Crippen LogP contribution in [0.1, 0.15) is 5.56 Å². The zero-order valence-electron chi connectivity index (χ0n) is 8.63. The first-order chi connectivity index (χ1) is 7.29. The van der Waals surface area contributed by atoms with Gasteiger partial charge in [-0.05, 0) is 40.5 Å². The predicted octanol–water partition coefficient (Wildman–Crippen LogP) is 2.11. The molecule has 0 aromatic heterocycles. The van der Waals surface area contributed by atoms with Crippen molar-refractivity contribution < 1.29 is 8.42 Å². The fourth-order valence-corrected chi connectivity index (χ4v) is 2.26. The quantitative estimate of drug-likeness (QED) is 0.889. The molecule has 1 rings (SSSR count). The van der Waals surface area contributed by atoms with Gasteiger partial charge in [0.15, 0.2) is 0 Å². The van der Waals surface area contributed by atoms with Gasteiger partial charge in [-0.15, -0.1) is 0 Å². The molecule has 0 saturated carbocycles. The summed E-state index contributed by atoms with van der Waals surface area (Å²) in [6, 6.07) is 3.60. The molecule has 0 amide bonds. The van der Waals surface area contributed by atoms with E-state index in [-0.39, 0.29) is 12.3 Å². The van der Waals surface area contributed by atoms with Crippen molar-refractivity contribution in [1.82, 2.24) is 0 Å². The highest BCUT2D eigenvalue weighted by atomic mass is 79.9. The van der Waals surface area contributed by atoms with Gasteiger partial charge in [0.1, 0.15) is 0 Å². The first-order valence-electron chi connectivity index (χ1n) is 4.49. The van der Waals surface area contributed by atoms with Gasteiger partial charge < -0.3 is 5.32 Å². The number of rotatable bonds is 4. The van der Waals surface area contributed by atoms with Gasteiger partial charge in [0, 0.05) is 21.7 Å². The summed E-state index contributed by atoms with van der Waals surface area (Å²) in [7, 11) is -3.44. The first kappa shape index (κ1) is 13.8. The Labute approximate surface area is 108 Å². The lowest BCUT2D eigenvalue weighted by Crippen LogP contribution is -2.22. The SMILES string of the molecule is Cc1cc(Br)c(NCCS(N)(=O)=O)cc1Cl. The fraction of sp³-hybridized carbons (Fsp3) is 0.333. The first-order valence-corrected chi connectivity index (χ1v) is 7.38. The van der Waals surface area contributed by atoms with Crippen LogP contribution in [-0.4, -0.2) is 20.7 Å². The van der Waals surface area contributed by atoms with Crippen molar-refractivity contribution in [2.45, 2.75) is 6.92 Å². The average molecular weight is 328 g/mol. The highest BCUT2D eigenvalue weighted by Crippen LogP contribution is 2.28. The molecule has 1 aromatic carbocycles. The topological polar surface area (TPSA) is 72.2 Å². The van der Waals surface area contributed by atoms with Gasteiger partial charge in [-0.2, -0.15) is 0 Å². The summed E-state index contributed by atoms with van der Waals surface area (Å²) in [4.78, 5) is 0. The number of nitrogens with one attached hydrogen (secondary N) is 1. The summed E-state index contributed by atoms with van der Waals surface area (Å²) in [5.41, 5.74) is 1.70. The van der Waals surface area contributed by atoms with Crippen molar-refractivity contribution in [1.29, 1.82) is 0 Å². The second-order valence-corrected chi connectivity index (χ2v) is 6.37. The number of halogens is 2. The van der Waals surface area contributed by atoms with Gasteiger partial charge in [0.05, 0.1) is 5.75 Å². The Morgan fingerprint density at radius 1 is 1.50 bits per heavy atom. The lowest BCUT2D eigenvalue weighted by molar-refractivity contribution is 0.598. The van der Waals surface area contributed by atoms with E-state index in [2.05, 4.69) is 21.2 Å². The van der Waals surface area contributed by atoms with Crippen molar-refractivity contribution in [3.05, 3.63) is 27.2 Å². The summed E-state index contributed by atoms with van der Waals surface area (Å²) in [6.07, 6.45) is 0. The van der Waals surface area contributed by atoms with Crippen LogP contribution < -0.4 is 10.5 Å². The smallest absolute Gasteiger partial charge is 0.210 e. The standard InChI is InChI=1S/C9H12BrClN2O2S/c1-6-4-7(10)9(5-8(6)11)13-2-3-16(12,14)15/h4-5,13H,2-3H2,1H3,(H2,12,14,15). The Bertz CT molecular complexity index is 491. The number of benzene rings is 1. The van der Waals surface area contributed by atoms with Gasteiger partial charge in [-0.25, -0.2) is 13.6 Å². The minimum atomic E-state index is -3.44. The van der Waals surface area contributed by atoms with Crippen LogP contribution in [0.15, 0.2) is 16.6 Å². The van der Waals surface area contributed by atoms with Crippen LogP contribution in [0.2, 0.25) is 5.02 Å². The van der Waals surface area contributed by atoms with Crippen LogP contribution >= 0.6 is 27.5 Å². The Morgan fingerprint density at radius 3 is 2.69 bits per heavy atom. The maximum Gasteiger partial charge on any atom is 0.210 e. The molecule has 1 aromatic rings. The molecule has 0 atom stereocenters. The van der Waals surface area contributed by atoms with E-state index >= 15 is 0 Å². The number of primary sulfonamides is 1. The summed E-state index contributed by atoms with van der Waals surface area (Å²) in [6.45, 7) is 2.14. The zero-order chi connectivity index (χ0) is 12.3. The molecule has 16 heavy (non-hydrogen) atoms. The fourth-order valence-electron chi connectivity index (χ4n) is 1.11. The van der Waals surface area contributed by atoms with E-state index in [0.717, 1.165) is 15.7 Å². The molecule has 0 aliphatic carbocycles. The number of sulfonamides is 1. The Kier molecular flexibility index (Phi) is 4.61. The van der Waals surface area contributed by atoms with Crippen molar-refractivity contribution in [2.75, 3.05) is 17.6 Å². The van der Waals surface area contributed by atoms with Gasteiger partial charge in [-0.3, -0.25) is 0 Å². The Hall–Kier alpha value is -0.300. The van der Waals surface area contributed by atoms with Crippen molar-refractivity contribution in [2.24, 2.45) is 5.14 Å². The van der Waals surface area contributed by atoms with Gasteiger partial charge in [-0.1, -0.05) is 11.6 Å². The number of nitrogens with two attached hydrogens (primary N) is 1. The maximum atomic E-state index is 10.7. The molecule has 3 N–H and O–H groups in total. The van der Waals surface area contributed by atoms with E-state index in [4.69, 9.17) is 16.7 Å². The number of hydrogen-bond acceptors (Lipinski definition) is 3. The zero-order valence-corrected chi connectivity index (χ0v) is 11.8. The van der Waals surface area contributed by atoms with Crippen LogP contribution in [0, 0.1) is 6.92 Å². The molecular formula is C9H12BrClN2O2S. The lowest BCUT2D eigenvalue weighted by Gasteiger charge is -2.09. The average Bonchev–Trinajstić information content (AvgIpc) is 2.11. The van der Waals surface area contributed by atoms with Crippen molar-refractivity contribution in [3.63, 3.8) is 0 Å². The molecule has 7 heteroatoms. The molecule has 0 radical (unpaired) electrons. The van der Waals surface area contributed by atoms with Gasteiger partial charge in [0.2, 0.25) is 10.0 Å². The van der Waals surface area contributed by atoms with Crippen LogP contribution in [0.5, 0.6) is 0 Å². The van der Waals surface area contributed by atoms with E-state index in [1.54, 1.807) is 6.07 Å². The third kappa shape index (κ3) is 4.29. The molecule has 0 unspecified atom stereocenters. The summed E-state index contributed by atoms with van der Waals surface area (Å²) >= 11 is 9.31. The molecule has 90 valence electrons. The second-order valence-electron chi connectivity index (χ2n) is 3.37. The molecule has 0 heterocycles. The van der Waals surface area contributed by atoms with Gasteiger partial charge >= 0.3 is 0 Å². The van der Waals surface area contributed by atoms with Crippen molar-refractivity contribution in [3.8, 4) is 0 Å². The highest BCUT2D eigenvalue weighted by molar-refractivity contribution is 9.10. The van der Waals surface area contributed by atoms with E-state index in [1.165, 1.54) is 0 Å². The molecule has 4 nitrogen and oxygen atoms in total. The summed E-state index contributed by atoms with van der Waals surface area (Å²) < 4.78 is 22.3. The Balaban J connectivity index is 2.71. The largest absolute Gasteiger partial charge is 0.383 e. The van der Waals surface area contributed by atoms with Crippen LogP contribution in [0.4, 0.5) is 5.69 Å². The van der Waals surface area contributed by atoms with E-state index < -0.39 is 10.0 Å². The number of hydrogen-bond donors (Lipinski definition) is 2. The molecule has 0 spiro atoms.